The third-order valence-electron chi connectivity index (χ3n) is 3.41. The summed E-state index contributed by atoms with van der Waals surface area (Å²) in [5.74, 6) is -0.192. The van der Waals surface area contributed by atoms with Crippen molar-refractivity contribution in [3.05, 3.63) is 71.5 Å². The maximum Gasteiger partial charge on any atom is 0.251 e. The molecule has 0 aliphatic carbocycles. The number of nitrogens with zero attached hydrogens (tertiary/aromatic N) is 4. The molecule has 0 radical (unpaired) electrons. The number of amides is 1. The lowest BCUT2D eigenvalue weighted by atomic mass is 10.1. The summed E-state index contributed by atoms with van der Waals surface area (Å²) in [5, 5.41) is 7.30. The maximum atomic E-state index is 12.2. The number of halogens is 1. The molecule has 3 rings (SSSR count). The fraction of sp³-hybridized carbons (Fsp3) is 0.125. The highest BCUT2D eigenvalue weighted by molar-refractivity contribution is 6.29. The van der Waals surface area contributed by atoms with Crippen molar-refractivity contribution >= 4 is 17.5 Å². The average Bonchev–Trinajstić information content (AvgIpc) is 3.09. The molecule has 1 aromatic carbocycles. The van der Waals surface area contributed by atoms with Crippen LogP contribution in [0.5, 0.6) is 0 Å². The van der Waals surface area contributed by atoms with E-state index >= 15 is 0 Å². The van der Waals surface area contributed by atoms with Gasteiger partial charge < -0.3 is 5.32 Å². The molecular formula is C16H14ClN5O. The van der Waals surface area contributed by atoms with E-state index in [0.717, 1.165) is 11.3 Å². The summed E-state index contributed by atoms with van der Waals surface area (Å²) in [6.07, 6.45) is 4.62. The van der Waals surface area contributed by atoms with E-state index in [0.29, 0.717) is 10.7 Å². The van der Waals surface area contributed by atoms with Crippen LogP contribution in [0.1, 0.15) is 28.9 Å². The van der Waals surface area contributed by atoms with Crippen LogP contribution in [0.3, 0.4) is 0 Å². The van der Waals surface area contributed by atoms with Crippen LogP contribution in [0.4, 0.5) is 0 Å². The highest BCUT2D eigenvalue weighted by atomic mass is 35.5. The van der Waals surface area contributed by atoms with Crippen LogP contribution in [0.25, 0.3) is 5.69 Å². The largest absolute Gasteiger partial charge is 0.346 e. The number of rotatable bonds is 4. The van der Waals surface area contributed by atoms with Crippen LogP contribution in [0, 0.1) is 0 Å². The Bertz CT molecular complexity index is 802. The average molecular weight is 328 g/mol. The minimum atomic E-state index is -0.192. The molecule has 2 aromatic heterocycles. The Morgan fingerprint density at radius 1 is 1.26 bits per heavy atom. The molecule has 7 heteroatoms. The number of nitrogens with one attached hydrogen (secondary N) is 1. The standard InChI is InChI=1S/C16H14ClN5O/c1-11(21-16(23)13-6-7-19-15(17)8-13)12-2-4-14(5-3-12)22-10-18-9-20-22/h2-11H,1H3,(H,21,23)/t11-/m1/s1. The summed E-state index contributed by atoms with van der Waals surface area (Å²) in [5.41, 5.74) is 2.38. The molecule has 23 heavy (non-hydrogen) atoms. The molecule has 0 aliphatic heterocycles. The van der Waals surface area contributed by atoms with Crippen LogP contribution in [-0.4, -0.2) is 25.7 Å². The van der Waals surface area contributed by atoms with Gasteiger partial charge in [-0.05, 0) is 36.8 Å². The topological polar surface area (TPSA) is 72.7 Å². The van der Waals surface area contributed by atoms with E-state index in [9.17, 15) is 4.79 Å². The normalized spacial score (nSPS) is 11.9. The molecule has 0 saturated heterocycles. The van der Waals surface area contributed by atoms with Gasteiger partial charge in [0.25, 0.3) is 5.91 Å². The minimum Gasteiger partial charge on any atom is -0.346 e. The van der Waals surface area contributed by atoms with Crippen molar-refractivity contribution in [1.29, 1.82) is 0 Å². The lowest BCUT2D eigenvalue weighted by molar-refractivity contribution is 0.0940. The Labute approximate surface area is 138 Å². The molecule has 0 saturated carbocycles. The predicted molar refractivity (Wildman–Crippen MR) is 86.5 cm³/mol. The molecule has 0 unspecified atom stereocenters. The van der Waals surface area contributed by atoms with Crippen LogP contribution < -0.4 is 5.32 Å². The summed E-state index contributed by atoms with van der Waals surface area (Å²) in [6, 6.07) is 10.8. The Balaban J connectivity index is 1.70. The Hall–Kier alpha value is -2.73. The van der Waals surface area contributed by atoms with Crippen molar-refractivity contribution in [2.24, 2.45) is 0 Å². The van der Waals surface area contributed by atoms with Crippen molar-refractivity contribution in [1.82, 2.24) is 25.1 Å². The smallest absolute Gasteiger partial charge is 0.251 e. The number of benzene rings is 1. The van der Waals surface area contributed by atoms with Crippen LogP contribution in [-0.2, 0) is 0 Å². The first-order valence-corrected chi connectivity index (χ1v) is 7.38. The van der Waals surface area contributed by atoms with Gasteiger partial charge in [-0.2, -0.15) is 5.10 Å². The quantitative estimate of drug-likeness (QED) is 0.748. The zero-order valence-corrected chi connectivity index (χ0v) is 13.1. The molecule has 1 amide bonds. The van der Waals surface area contributed by atoms with Crippen molar-refractivity contribution in [2.45, 2.75) is 13.0 Å². The molecule has 1 N–H and O–H groups in total. The molecule has 0 bridgehead atoms. The third kappa shape index (κ3) is 3.54. The number of carbonyl (C=O) groups excluding carboxylic acids is 1. The van der Waals surface area contributed by atoms with Gasteiger partial charge in [-0.3, -0.25) is 4.79 Å². The summed E-state index contributed by atoms with van der Waals surface area (Å²) >= 11 is 5.80. The summed E-state index contributed by atoms with van der Waals surface area (Å²) in [4.78, 5) is 20.0. The number of hydrogen-bond donors (Lipinski definition) is 1. The lowest BCUT2D eigenvalue weighted by Crippen LogP contribution is -2.26. The molecule has 6 nitrogen and oxygen atoms in total. The zero-order chi connectivity index (χ0) is 16.2. The van der Waals surface area contributed by atoms with Gasteiger partial charge in [0.2, 0.25) is 0 Å². The van der Waals surface area contributed by atoms with E-state index in [1.807, 2.05) is 31.2 Å². The summed E-state index contributed by atoms with van der Waals surface area (Å²) < 4.78 is 1.67. The second kappa shape index (κ2) is 6.58. The number of aromatic nitrogens is 4. The molecule has 1 atom stereocenters. The van der Waals surface area contributed by atoms with Gasteiger partial charge in [-0.25, -0.2) is 14.6 Å². The van der Waals surface area contributed by atoms with Gasteiger partial charge >= 0.3 is 0 Å². The molecule has 0 fully saturated rings. The molecule has 0 aliphatic rings. The van der Waals surface area contributed by atoms with Crippen LogP contribution in [0.2, 0.25) is 5.15 Å². The second-order valence-corrected chi connectivity index (χ2v) is 5.38. The predicted octanol–water partition coefficient (Wildman–Crippen LogP) is 2.81. The van der Waals surface area contributed by atoms with Gasteiger partial charge in [-0.1, -0.05) is 23.7 Å². The Morgan fingerprint density at radius 3 is 2.70 bits per heavy atom. The lowest BCUT2D eigenvalue weighted by Gasteiger charge is -2.15. The highest BCUT2D eigenvalue weighted by Gasteiger charge is 2.12. The van der Waals surface area contributed by atoms with Crippen molar-refractivity contribution in [3.63, 3.8) is 0 Å². The molecule has 3 aromatic rings. The van der Waals surface area contributed by atoms with Crippen LogP contribution >= 0.6 is 11.6 Å². The summed E-state index contributed by atoms with van der Waals surface area (Å²) in [7, 11) is 0. The van der Waals surface area contributed by atoms with Crippen molar-refractivity contribution < 1.29 is 4.79 Å². The van der Waals surface area contributed by atoms with Gasteiger partial charge in [0.15, 0.2) is 0 Å². The third-order valence-corrected chi connectivity index (χ3v) is 3.62. The van der Waals surface area contributed by atoms with E-state index in [2.05, 4.69) is 20.4 Å². The Morgan fingerprint density at radius 2 is 2.04 bits per heavy atom. The number of pyridine rings is 1. The van der Waals surface area contributed by atoms with Gasteiger partial charge in [0.05, 0.1) is 11.7 Å². The van der Waals surface area contributed by atoms with E-state index < -0.39 is 0 Å². The van der Waals surface area contributed by atoms with Gasteiger partial charge in [0.1, 0.15) is 17.8 Å². The van der Waals surface area contributed by atoms with Crippen LogP contribution in [0.15, 0.2) is 55.2 Å². The second-order valence-electron chi connectivity index (χ2n) is 4.99. The first-order chi connectivity index (χ1) is 11.1. The minimum absolute atomic E-state index is 0.140. The molecule has 0 spiro atoms. The van der Waals surface area contributed by atoms with Gasteiger partial charge in [-0.15, -0.1) is 0 Å². The molecular weight excluding hydrogens is 314 g/mol. The first-order valence-electron chi connectivity index (χ1n) is 7.01. The van der Waals surface area contributed by atoms with Crippen molar-refractivity contribution in [2.75, 3.05) is 0 Å². The Kier molecular flexibility index (Phi) is 4.34. The maximum absolute atomic E-state index is 12.2. The zero-order valence-electron chi connectivity index (χ0n) is 12.3. The van der Waals surface area contributed by atoms with E-state index in [-0.39, 0.29) is 11.9 Å². The first kappa shape index (κ1) is 15.2. The molecule has 116 valence electrons. The van der Waals surface area contributed by atoms with E-state index in [1.54, 1.807) is 17.1 Å². The highest BCUT2D eigenvalue weighted by Crippen LogP contribution is 2.16. The SMILES string of the molecule is C[C@@H](NC(=O)c1ccnc(Cl)c1)c1ccc(-n2cncn2)cc1. The van der Waals surface area contributed by atoms with Crippen molar-refractivity contribution in [3.8, 4) is 5.69 Å². The fourth-order valence-corrected chi connectivity index (χ4v) is 2.34. The van der Waals surface area contributed by atoms with E-state index in [1.165, 1.54) is 18.6 Å². The summed E-state index contributed by atoms with van der Waals surface area (Å²) in [6.45, 7) is 1.92. The van der Waals surface area contributed by atoms with Gasteiger partial charge in [0, 0.05) is 11.8 Å². The number of carbonyl (C=O) groups is 1. The molecule has 2 heterocycles. The van der Waals surface area contributed by atoms with E-state index in [4.69, 9.17) is 11.6 Å². The fourth-order valence-electron chi connectivity index (χ4n) is 2.16. The number of hydrogen-bond acceptors (Lipinski definition) is 4. The monoisotopic (exact) mass is 327 g/mol.